The number of sulfonamides is 1. The third kappa shape index (κ3) is 7.70. The lowest BCUT2D eigenvalue weighted by Gasteiger charge is -2.13. The summed E-state index contributed by atoms with van der Waals surface area (Å²) in [4.78, 5) is 26.7. The Labute approximate surface area is 219 Å². The van der Waals surface area contributed by atoms with Gasteiger partial charge in [0.2, 0.25) is 11.8 Å². The van der Waals surface area contributed by atoms with Crippen molar-refractivity contribution in [1.82, 2.24) is 4.90 Å². The van der Waals surface area contributed by atoms with Crippen LogP contribution in [0.4, 0.5) is 5.69 Å². The first-order valence-corrected chi connectivity index (χ1v) is 14.9. The van der Waals surface area contributed by atoms with E-state index in [1.54, 1.807) is 31.2 Å². The fourth-order valence-corrected chi connectivity index (χ4v) is 7.20. The van der Waals surface area contributed by atoms with Gasteiger partial charge < -0.3 is 10.1 Å². The quantitative estimate of drug-likeness (QED) is 0.350. The first-order valence-electron chi connectivity index (χ1n) is 11.3. The molecule has 8 nitrogen and oxygen atoms in total. The maximum atomic E-state index is 12.8. The second-order valence-corrected chi connectivity index (χ2v) is 12.5. The molecule has 0 spiro atoms. The number of anilines is 1. The van der Waals surface area contributed by atoms with E-state index in [9.17, 15) is 18.0 Å². The molecule has 0 aliphatic carbocycles. The summed E-state index contributed by atoms with van der Waals surface area (Å²) in [5.41, 5.74) is 0.585. The molecule has 2 aromatic rings. The Morgan fingerprint density at radius 2 is 1.89 bits per heavy atom. The number of amidine groups is 1. The number of amides is 2. The lowest BCUT2D eigenvalue weighted by molar-refractivity contribution is -0.128. The lowest BCUT2D eigenvalue weighted by Crippen LogP contribution is -2.33. The van der Waals surface area contributed by atoms with Crippen LogP contribution >= 0.6 is 34.7 Å². The van der Waals surface area contributed by atoms with Crippen LogP contribution in [0.15, 0.2) is 45.0 Å². The van der Waals surface area contributed by atoms with Gasteiger partial charge in [0.1, 0.15) is 15.2 Å². The number of unbranched alkanes of at least 4 members (excludes halogenated alkanes) is 3. The van der Waals surface area contributed by atoms with Crippen LogP contribution in [0.2, 0.25) is 4.34 Å². The average Bonchev–Trinajstić information content (AvgIpc) is 3.38. The minimum Gasteiger partial charge on any atom is -0.494 e. The van der Waals surface area contributed by atoms with Crippen LogP contribution in [-0.4, -0.2) is 48.7 Å². The highest BCUT2D eigenvalue weighted by Crippen LogP contribution is 2.33. The molecule has 1 aliphatic rings. The van der Waals surface area contributed by atoms with Gasteiger partial charge in [-0.3, -0.25) is 14.5 Å². The molecule has 0 bridgehead atoms. The summed E-state index contributed by atoms with van der Waals surface area (Å²) in [5, 5.41) is 2.07. The minimum atomic E-state index is -4.01. The predicted octanol–water partition coefficient (Wildman–Crippen LogP) is 5.40. The number of hydrogen-bond acceptors (Lipinski definition) is 7. The van der Waals surface area contributed by atoms with Gasteiger partial charge in [-0.15, -0.1) is 15.7 Å². The summed E-state index contributed by atoms with van der Waals surface area (Å²) in [5.74, 6) is 0.0283. The molecule has 35 heavy (non-hydrogen) atoms. The molecule has 1 N–H and O–H groups in total. The van der Waals surface area contributed by atoms with Gasteiger partial charge in [0.25, 0.3) is 10.0 Å². The average molecular weight is 558 g/mol. The van der Waals surface area contributed by atoms with Crippen LogP contribution in [0, 0.1) is 0 Å². The van der Waals surface area contributed by atoms with E-state index in [2.05, 4.69) is 16.6 Å². The van der Waals surface area contributed by atoms with Crippen LogP contribution in [0.1, 0.15) is 46.0 Å². The molecule has 2 amide bonds. The molecular formula is C23H28ClN3O5S3. The third-order valence-corrected chi connectivity index (χ3v) is 9.37. The number of rotatable bonds is 12. The fourth-order valence-electron chi connectivity index (χ4n) is 3.32. The molecule has 1 fully saturated rings. The number of carbonyl (C=O) groups is 2. The third-order valence-electron chi connectivity index (χ3n) is 5.11. The molecule has 0 saturated carbocycles. The SMILES string of the molecule is CCCCCCOc1ccc(NC(=O)CC2S/C(=N/S(=O)(=O)c3ccc(Cl)s3)N(CC)C2=O)cc1. The molecule has 2 heterocycles. The number of benzene rings is 1. The Kier molecular flexibility index (Phi) is 10.0. The molecule has 12 heteroatoms. The van der Waals surface area contributed by atoms with Gasteiger partial charge in [0.15, 0.2) is 5.17 Å². The number of ether oxygens (including phenoxy) is 1. The van der Waals surface area contributed by atoms with E-state index >= 15 is 0 Å². The van der Waals surface area contributed by atoms with Crippen LogP contribution < -0.4 is 10.1 Å². The van der Waals surface area contributed by atoms with Gasteiger partial charge in [0, 0.05) is 18.7 Å². The van der Waals surface area contributed by atoms with Crippen LogP contribution in [0.3, 0.4) is 0 Å². The van der Waals surface area contributed by atoms with Crippen molar-refractivity contribution < 1.29 is 22.7 Å². The molecule has 1 unspecified atom stereocenters. The normalized spacial score (nSPS) is 17.2. The van der Waals surface area contributed by atoms with Crippen LogP contribution in [0.25, 0.3) is 0 Å². The second kappa shape index (κ2) is 12.8. The number of thiophene rings is 1. The second-order valence-electron chi connectivity index (χ2n) is 7.78. The van der Waals surface area contributed by atoms with Crippen LogP contribution in [0.5, 0.6) is 5.75 Å². The van der Waals surface area contributed by atoms with E-state index in [4.69, 9.17) is 16.3 Å². The molecular weight excluding hydrogens is 530 g/mol. The fraction of sp³-hybridized carbons (Fsp3) is 0.435. The van der Waals surface area contributed by atoms with Crippen molar-refractivity contribution >= 4 is 67.4 Å². The minimum absolute atomic E-state index is 0.00585. The molecule has 190 valence electrons. The molecule has 0 radical (unpaired) electrons. The molecule has 1 saturated heterocycles. The van der Waals surface area contributed by atoms with Crippen molar-refractivity contribution in [3.63, 3.8) is 0 Å². The summed E-state index contributed by atoms with van der Waals surface area (Å²) >= 11 is 7.71. The van der Waals surface area contributed by atoms with Crippen molar-refractivity contribution in [1.29, 1.82) is 0 Å². The molecule has 1 aromatic heterocycles. The van der Waals surface area contributed by atoms with Gasteiger partial charge in [-0.05, 0) is 49.7 Å². The van der Waals surface area contributed by atoms with Gasteiger partial charge in [0.05, 0.1) is 10.9 Å². The zero-order valence-corrected chi connectivity index (χ0v) is 22.7. The molecule has 1 aliphatic heterocycles. The van der Waals surface area contributed by atoms with Gasteiger partial charge in [-0.25, -0.2) is 0 Å². The highest BCUT2D eigenvalue weighted by atomic mass is 35.5. The van der Waals surface area contributed by atoms with E-state index in [1.165, 1.54) is 29.9 Å². The van der Waals surface area contributed by atoms with E-state index in [1.807, 2.05) is 0 Å². The van der Waals surface area contributed by atoms with E-state index in [0.29, 0.717) is 16.6 Å². The molecule has 3 rings (SSSR count). The Bertz CT molecular complexity index is 1170. The zero-order chi connectivity index (χ0) is 25.4. The van der Waals surface area contributed by atoms with Gasteiger partial charge in [-0.1, -0.05) is 49.5 Å². The van der Waals surface area contributed by atoms with Crippen molar-refractivity contribution in [2.24, 2.45) is 4.40 Å². The van der Waals surface area contributed by atoms with Crippen molar-refractivity contribution in [2.75, 3.05) is 18.5 Å². The summed E-state index contributed by atoms with van der Waals surface area (Å²) < 4.78 is 35.1. The largest absolute Gasteiger partial charge is 0.494 e. The maximum absolute atomic E-state index is 12.8. The topological polar surface area (TPSA) is 105 Å². The molecule has 1 aromatic carbocycles. The zero-order valence-electron chi connectivity index (χ0n) is 19.5. The Morgan fingerprint density at radius 1 is 1.14 bits per heavy atom. The van der Waals surface area contributed by atoms with E-state index < -0.39 is 15.3 Å². The predicted molar refractivity (Wildman–Crippen MR) is 142 cm³/mol. The number of thioether (sulfide) groups is 1. The standard InChI is InChI=1S/C23H28ClN3O5S3/c1-3-5-6-7-14-32-17-10-8-16(9-11-17)25-20(28)15-18-22(29)27(4-2)23(33-18)26-35(30,31)21-13-12-19(24)34-21/h8-13,18H,3-7,14-15H2,1-2H3,(H,25,28)/b26-23+. The Hall–Kier alpha value is -2.08. The number of hydrogen-bond donors (Lipinski definition) is 1. The Balaban J connectivity index is 1.58. The van der Waals surface area contributed by atoms with Gasteiger partial charge in [-0.2, -0.15) is 8.42 Å². The number of halogens is 1. The van der Waals surface area contributed by atoms with Crippen molar-refractivity contribution in [3.05, 3.63) is 40.7 Å². The van der Waals surface area contributed by atoms with E-state index in [-0.39, 0.29) is 34.2 Å². The van der Waals surface area contributed by atoms with Crippen LogP contribution in [-0.2, 0) is 19.6 Å². The lowest BCUT2D eigenvalue weighted by atomic mass is 10.2. The van der Waals surface area contributed by atoms with Crippen molar-refractivity contribution in [2.45, 2.75) is 55.4 Å². The smallest absolute Gasteiger partial charge is 0.294 e. The summed E-state index contributed by atoms with van der Waals surface area (Å²) in [6.45, 7) is 4.77. The highest BCUT2D eigenvalue weighted by molar-refractivity contribution is 8.16. The Morgan fingerprint density at radius 3 is 2.51 bits per heavy atom. The van der Waals surface area contributed by atoms with E-state index in [0.717, 1.165) is 41.7 Å². The number of nitrogens with one attached hydrogen (secondary N) is 1. The first-order chi connectivity index (χ1) is 16.7. The van der Waals surface area contributed by atoms with Gasteiger partial charge >= 0.3 is 0 Å². The summed E-state index contributed by atoms with van der Waals surface area (Å²) in [6, 6.07) is 9.91. The maximum Gasteiger partial charge on any atom is 0.294 e. The summed E-state index contributed by atoms with van der Waals surface area (Å²) in [7, 11) is -4.01. The monoisotopic (exact) mass is 557 g/mol. The number of carbonyl (C=O) groups excluding carboxylic acids is 2. The highest BCUT2D eigenvalue weighted by Gasteiger charge is 2.39. The molecule has 1 atom stereocenters. The summed E-state index contributed by atoms with van der Waals surface area (Å²) in [6.07, 6.45) is 4.40. The first kappa shape index (κ1) is 27.5. The van der Waals surface area contributed by atoms with Crippen molar-refractivity contribution in [3.8, 4) is 5.75 Å². The number of nitrogens with zero attached hydrogens (tertiary/aromatic N) is 2.